The van der Waals surface area contributed by atoms with Crippen LogP contribution in [0.4, 0.5) is 0 Å². The van der Waals surface area contributed by atoms with Gasteiger partial charge in [0, 0.05) is 29.3 Å². The fourth-order valence-corrected chi connectivity index (χ4v) is 2.29. The Bertz CT molecular complexity index is 530. The molecule has 1 rings (SSSR count). The first kappa shape index (κ1) is 16.5. The van der Waals surface area contributed by atoms with Crippen LogP contribution in [0, 0.1) is 0 Å². The fourth-order valence-electron chi connectivity index (χ4n) is 1.61. The molecule has 0 radical (unpaired) electrons. The molecule has 0 unspecified atom stereocenters. The molecule has 5 nitrogen and oxygen atoms in total. The lowest BCUT2D eigenvalue weighted by atomic mass is 10.2. The molecule has 1 aromatic rings. The molecule has 0 atom stereocenters. The van der Waals surface area contributed by atoms with E-state index in [-0.39, 0.29) is 16.5 Å². The van der Waals surface area contributed by atoms with Crippen molar-refractivity contribution in [1.82, 2.24) is 9.55 Å². The molecule has 0 bridgehead atoms. The summed E-state index contributed by atoms with van der Waals surface area (Å²) in [6, 6.07) is 0. The van der Waals surface area contributed by atoms with Crippen molar-refractivity contribution in [3.63, 3.8) is 0 Å². The summed E-state index contributed by atoms with van der Waals surface area (Å²) in [5, 5.41) is -0.103. The molecule has 0 fully saturated rings. The number of hydrogen-bond acceptors (Lipinski definition) is 4. The van der Waals surface area contributed by atoms with Crippen LogP contribution in [0.1, 0.15) is 46.4 Å². The van der Waals surface area contributed by atoms with Crippen molar-refractivity contribution in [3.8, 4) is 0 Å². The van der Waals surface area contributed by atoms with Crippen molar-refractivity contribution in [3.05, 3.63) is 12.0 Å². The summed E-state index contributed by atoms with van der Waals surface area (Å²) in [5.41, 5.74) is -0.222. The highest BCUT2D eigenvalue weighted by Gasteiger charge is 2.19. The Kier molecular flexibility index (Phi) is 5.03. The molecule has 0 aromatic carbocycles. The largest absolute Gasteiger partial charge is 0.374 e. The SMILES string of the molecule is CC(C)c1nc(S(=O)(=O)Cl)cn1CCOC(C)(C)C. The number of imidazole rings is 1. The minimum Gasteiger partial charge on any atom is -0.374 e. The van der Waals surface area contributed by atoms with Crippen molar-refractivity contribution in [1.29, 1.82) is 0 Å². The average Bonchev–Trinajstić information content (AvgIpc) is 2.59. The van der Waals surface area contributed by atoms with Gasteiger partial charge in [0.25, 0.3) is 9.05 Å². The van der Waals surface area contributed by atoms with Gasteiger partial charge in [-0.25, -0.2) is 13.4 Å². The van der Waals surface area contributed by atoms with E-state index in [9.17, 15) is 8.42 Å². The van der Waals surface area contributed by atoms with Gasteiger partial charge in [0.05, 0.1) is 12.2 Å². The number of ether oxygens (including phenoxy) is 1. The van der Waals surface area contributed by atoms with E-state index in [0.717, 1.165) is 0 Å². The highest BCUT2D eigenvalue weighted by atomic mass is 35.7. The van der Waals surface area contributed by atoms with Crippen LogP contribution in [0.15, 0.2) is 11.2 Å². The normalized spacial score (nSPS) is 13.2. The van der Waals surface area contributed by atoms with E-state index < -0.39 is 9.05 Å². The highest BCUT2D eigenvalue weighted by molar-refractivity contribution is 8.13. The maximum absolute atomic E-state index is 11.3. The van der Waals surface area contributed by atoms with E-state index >= 15 is 0 Å². The van der Waals surface area contributed by atoms with Gasteiger partial charge in [0.15, 0.2) is 5.03 Å². The van der Waals surface area contributed by atoms with Gasteiger partial charge in [-0.1, -0.05) is 13.8 Å². The van der Waals surface area contributed by atoms with E-state index in [1.54, 1.807) is 4.57 Å². The zero-order chi connectivity index (χ0) is 14.8. The molecule has 0 aliphatic carbocycles. The van der Waals surface area contributed by atoms with E-state index in [2.05, 4.69) is 4.98 Å². The molecule has 0 spiro atoms. The Balaban J connectivity index is 2.90. The summed E-state index contributed by atoms with van der Waals surface area (Å²) in [7, 11) is 1.53. The summed E-state index contributed by atoms with van der Waals surface area (Å²) in [4.78, 5) is 4.08. The van der Waals surface area contributed by atoms with Crippen LogP contribution in [-0.2, 0) is 20.3 Å². The number of aromatic nitrogens is 2. The Morgan fingerprint density at radius 1 is 1.42 bits per heavy atom. The van der Waals surface area contributed by atoms with Gasteiger partial charge in [-0.05, 0) is 20.8 Å². The van der Waals surface area contributed by atoms with Crippen LogP contribution in [0.5, 0.6) is 0 Å². The lowest BCUT2D eigenvalue weighted by molar-refractivity contribution is -0.00713. The molecular formula is C12H21ClN2O3S. The van der Waals surface area contributed by atoms with Crippen molar-refractivity contribution in [2.45, 2.75) is 57.7 Å². The molecule has 19 heavy (non-hydrogen) atoms. The number of nitrogens with zero attached hydrogens (tertiary/aromatic N) is 2. The Labute approximate surface area is 119 Å². The van der Waals surface area contributed by atoms with Gasteiger partial charge >= 0.3 is 0 Å². The first-order chi connectivity index (χ1) is 8.50. The Morgan fingerprint density at radius 2 is 2.00 bits per heavy atom. The van der Waals surface area contributed by atoms with Crippen LogP contribution in [0.2, 0.25) is 0 Å². The second-order valence-electron chi connectivity index (χ2n) is 5.68. The van der Waals surface area contributed by atoms with Crippen LogP contribution in [0.3, 0.4) is 0 Å². The van der Waals surface area contributed by atoms with Crippen LogP contribution < -0.4 is 0 Å². The van der Waals surface area contributed by atoms with Gasteiger partial charge in [-0.15, -0.1) is 0 Å². The molecular weight excluding hydrogens is 288 g/mol. The highest BCUT2D eigenvalue weighted by Crippen LogP contribution is 2.20. The van der Waals surface area contributed by atoms with Gasteiger partial charge < -0.3 is 9.30 Å². The first-order valence-electron chi connectivity index (χ1n) is 6.16. The van der Waals surface area contributed by atoms with Crippen molar-refractivity contribution in [2.75, 3.05) is 6.61 Å². The summed E-state index contributed by atoms with van der Waals surface area (Å²) < 4.78 is 30.0. The molecule has 0 aliphatic heterocycles. The van der Waals surface area contributed by atoms with Crippen molar-refractivity contribution in [2.24, 2.45) is 0 Å². The van der Waals surface area contributed by atoms with Crippen molar-refractivity contribution < 1.29 is 13.2 Å². The monoisotopic (exact) mass is 308 g/mol. The lowest BCUT2D eigenvalue weighted by Crippen LogP contribution is -2.22. The zero-order valence-corrected chi connectivity index (χ0v) is 13.5. The van der Waals surface area contributed by atoms with E-state index in [0.29, 0.717) is 19.0 Å². The Hall–Kier alpha value is -0.590. The molecule has 1 heterocycles. The summed E-state index contributed by atoms with van der Waals surface area (Å²) in [6.45, 7) is 10.9. The summed E-state index contributed by atoms with van der Waals surface area (Å²) >= 11 is 0. The predicted octanol–water partition coefficient (Wildman–Crippen LogP) is 2.75. The summed E-state index contributed by atoms with van der Waals surface area (Å²) in [5.74, 6) is 0.804. The minimum atomic E-state index is -3.79. The zero-order valence-electron chi connectivity index (χ0n) is 12.0. The van der Waals surface area contributed by atoms with Gasteiger partial charge in [-0.2, -0.15) is 0 Å². The first-order valence-corrected chi connectivity index (χ1v) is 8.47. The van der Waals surface area contributed by atoms with Gasteiger partial charge in [0.1, 0.15) is 5.82 Å². The summed E-state index contributed by atoms with van der Waals surface area (Å²) in [6.07, 6.45) is 1.46. The molecule has 110 valence electrons. The van der Waals surface area contributed by atoms with E-state index in [4.69, 9.17) is 15.4 Å². The lowest BCUT2D eigenvalue weighted by Gasteiger charge is -2.20. The molecule has 0 saturated heterocycles. The minimum absolute atomic E-state index is 0.103. The van der Waals surface area contributed by atoms with Crippen molar-refractivity contribution >= 4 is 19.7 Å². The third-order valence-electron chi connectivity index (χ3n) is 2.42. The van der Waals surface area contributed by atoms with Crippen LogP contribution in [-0.4, -0.2) is 30.2 Å². The standard InChI is InChI=1S/C12H21ClN2O3S/c1-9(2)11-14-10(19(13,16)17)8-15(11)6-7-18-12(3,4)5/h8-9H,6-7H2,1-5H3. The molecule has 0 saturated carbocycles. The van der Waals surface area contributed by atoms with E-state index in [1.807, 2.05) is 34.6 Å². The molecule has 0 aliphatic rings. The predicted molar refractivity (Wildman–Crippen MR) is 75.1 cm³/mol. The number of halogens is 1. The maximum Gasteiger partial charge on any atom is 0.280 e. The molecule has 1 aromatic heterocycles. The molecule has 0 amide bonds. The van der Waals surface area contributed by atoms with E-state index in [1.165, 1.54) is 6.20 Å². The van der Waals surface area contributed by atoms with Crippen LogP contribution in [0.25, 0.3) is 0 Å². The Morgan fingerprint density at radius 3 is 2.42 bits per heavy atom. The van der Waals surface area contributed by atoms with Gasteiger partial charge in [-0.3, -0.25) is 0 Å². The average molecular weight is 309 g/mol. The smallest absolute Gasteiger partial charge is 0.280 e. The fraction of sp³-hybridized carbons (Fsp3) is 0.750. The second kappa shape index (κ2) is 5.81. The third-order valence-corrected chi connectivity index (χ3v) is 3.59. The maximum atomic E-state index is 11.3. The van der Waals surface area contributed by atoms with Crippen LogP contribution >= 0.6 is 10.7 Å². The topological polar surface area (TPSA) is 61.2 Å². The number of hydrogen-bond donors (Lipinski definition) is 0. The quantitative estimate of drug-likeness (QED) is 0.785. The third kappa shape index (κ3) is 5.12. The second-order valence-corrected chi connectivity index (χ2v) is 8.20. The van der Waals surface area contributed by atoms with Gasteiger partial charge in [0.2, 0.25) is 0 Å². The molecule has 7 heteroatoms. The molecule has 0 N–H and O–H groups in total. The number of rotatable bonds is 5.